The van der Waals surface area contributed by atoms with Crippen LogP contribution in [-0.4, -0.2) is 18.1 Å². The number of carbonyl (C=O) groups is 1. The predicted molar refractivity (Wildman–Crippen MR) is 109 cm³/mol. The first kappa shape index (κ1) is 18.5. The first-order valence-electron chi connectivity index (χ1n) is 8.01. The summed E-state index contributed by atoms with van der Waals surface area (Å²) in [5, 5.41) is 23.9. The lowest BCUT2D eigenvalue weighted by atomic mass is 10.1. The van der Waals surface area contributed by atoms with Crippen molar-refractivity contribution in [2.24, 2.45) is 0 Å². The van der Waals surface area contributed by atoms with Crippen LogP contribution in [0.25, 0.3) is 16.8 Å². The summed E-state index contributed by atoms with van der Waals surface area (Å²) in [5.41, 5.74) is 1.09. The summed E-state index contributed by atoms with van der Waals surface area (Å²) in [4.78, 5) is 12.6. The monoisotopic (exact) mass is 422 g/mol. The van der Waals surface area contributed by atoms with Gasteiger partial charge in [-0.05, 0) is 35.2 Å². The van der Waals surface area contributed by atoms with Gasteiger partial charge in [0.15, 0.2) is 11.5 Å². The Hall–Kier alpha value is -3.30. The predicted octanol–water partition coefficient (Wildman–Crippen LogP) is 4.86. The van der Waals surface area contributed by atoms with Crippen molar-refractivity contribution in [1.29, 1.82) is 5.26 Å². The number of phenols is 1. The molecule has 1 amide bonds. The highest BCUT2D eigenvalue weighted by atomic mass is 79.9. The third kappa shape index (κ3) is 3.94. The van der Waals surface area contributed by atoms with Crippen molar-refractivity contribution < 1.29 is 14.6 Å². The smallest absolute Gasteiger partial charge is 0.266 e. The number of halogens is 1. The van der Waals surface area contributed by atoms with E-state index in [4.69, 9.17) is 4.74 Å². The molecule has 0 aliphatic carbocycles. The van der Waals surface area contributed by atoms with Gasteiger partial charge in [0, 0.05) is 15.5 Å². The number of hydrogen-bond donors (Lipinski definition) is 2. The molecule has 5 nitrogen and oxygen atoms in total. The summed E-state index contributed by atoms with van der Waals surface area (Å²) >= 11 is 3.32. The maximum Gasteiger partial charge on any atom is 0.266 e. The fourth-order valence-corrected chi connectivity index (χ4v) is 3.11. The molecule has 0 radical (unpaired) electrons. The standard InChI is InChI=1S/C21H15BrN2O3/c1-27-20-10-14(17(22)11-19(20)25)9-15(12-23)21(26)24-18-8-4-6-13-5-2-3-7-16(13)18/h2-11,25H,1H3,(H,24,26). The molecule has 0 aliphatic rings. The number of ether oxygens (including phenoxy) is 1. The minimum atomic E-state index is -0.521. The number of nitrogens with one attached hydrogen (secondary N) is 1. The molecule has 0 saturated heterocycles. The van der Waals surface area contributed by atoms with Crippen LogP contribution < -0.4 is 10.1 Å². The lowest BCUT2D eigenvalue weighted by Crippen LogP contribution is -2.13. The first-order valence-corrected chi connectivity index (χ1v) is 8.80. The number of phenolic OH excluding ortho intramolecular Hbond substituents is 1. The molecule has 3 rings (SSSR count). The Kier molecular flexibility index (Phi) is 5.43. The zero-order valence-electron chi connectivity index (χ0n) is 14.4. The van der Waals surface area contributed by atoms with E-state index >= 15 is 0 Å². The van der Waals surface area contributed by atoms with E-state index in [-0.39, 0.29) is 17.1 Å². The molecule has 0 heterocycles. The van der Waals surface area contributed by atoms with Crippen LogP contribution in [0.2, 0.25) is 0 Å². The maximum atomic E-state index is 12.6. The SMILES string of the molecule is COc1cc(C=C(C#N)C(=O)Nc2cccc3ccccc23)c(Br)cc1O. The molecule has 0 saturated carbocycles. The van der Waals surface area contributed by atoms with Gasteiger partial charge in [-0.15, -0.1) is 0 Å². The third-order valence-corrected chi connectivity index (χ3v) is 4.69. The van der Waals surface area contributed by atoms with Gasteiger partial charge < -0.3 is 15.2 Å². The summed E-state index contributed by atoms with van der Waals surface area (Å²) in [5.74, 6) is -0.316. The number of aromatic hydroxyl groups is 1. The van der Waals surface area contributed by atoms with Crippen LogP contribution in [0.3, 0.4) is 0 Å². The zero-order chi connectivity index (χ0) is 19.4. The highest BCUT2D eigenvalue weighted by Gasteiger charge is 2.13. The molecule has 3 aromatic rings. The maximum absolute atomic E-state index is 12.6. The Labute approximate surface area is 164 Å². The number of methoxy groups -OCH3 is 1. The molecule has 0 spiro atoms. The summed E-state index contributed by atoms with van der Waals surface area (Å²) in [6, 6.07) is 18.2. The van der Waals surface area contributed by atoms with Gasteiger partial charge in [-0.3, -0.25) is 4.79 Å². The van der Waals surface area contributed by atoms with Crippen LogP contribution >= 0.6 is 15.9 Å². The summed E-state index contributed by atoms with van der Waals surface area (Å²) in [6.07, 6.45) is 1.44. The number of anilines is 1. The third-order valence-electron chi connectivity index (χ3n) is 4.00. The molecule has 0 bridgehead atoms. The fraction of sp³-hybridized carbons (Fsp3) is 0.0476. The van der Waals surface area contributed by atoms with Crippen LogP contribution in [0.15, 0.2) is 64.6 Å². The van der Waals surface area contributed by atoms with Crippen LogP contribution in [-0.2, 0) is 4.79 Å². The number of hydrogen-bond acceptors (Lipinski definition) is 4. The normalized spacial score (nSPS) is 11.1. The van der Waals surface area contributed by atoms with Gasteiger partial charge in [0.2, 0.25) is 0 Å². The number of nitrogens with zero attached hydrogens (tertiary/aromatic N) is 1. The van der Waals surface area contributed by atoms with Crippen molar-refractivity contribution in [2.45, 2.75) is 0 Å². The minimum absolute atomic E-state index is 0.0414. The van der Waals surface area contributed by atoms with E-state index in [2.05, 4.69) is 21.2 Å². The summed E-state index contributed by atoms with van der Waals surface area (Å²) in [6.45, 7) is 0. The molecule has 0 atom stereocenters. The fourth-order valence-electron chi connectivity index (χ4n) is 2.66. The zero-order valence-corrected chi connectivity index (χ0v) is 15.9. The minimum Gasteiger partial charge on any atom is -0.504 e. The first-order chi connectivity index (χ1) is 13.0. The molecule has 3 aromatic carbocycles. The van der Waals surface area contributed by atoms with E-state index < -0.39 is 5.91 Å². The molecule has 27 heavy (non-hydrogen) atoms. The second-order valence-electron chi connectivity index (χ2n) is 5.70. The van der Waals surface area contributed by atoms with E-state index in [9.17, 15) is 15.2 Å². The van der Waals surface area contributed by atoms with Gasteiger partial charge >= 0.3 is 0 Å². The van der Waals surface area contributed by atoms with Crippen LogP contribution in [0.5, 0.6) is 11.5 Å². The van der Waals surface area contributed by atoms with E-state index in [1.165, 1.54) is 19.3 Å². The van der Waals surface area contributed by atoms with E-state index in [0.717, 1.165) is 10.8 Å². The van der Waals surface area contributed by atoms with Gasteiger partial charge in [0.25, 0.3) is 5.91 Å². The number of amides is 1. The number of nitriles is 1. The van der Waals surface area contributed by atoms with Crippen molar-refractivity contribution in [3.63, 3.8) is 0 Å². The van der Waals surface area contributed by atoms with Gasteiger partial charge in [-0.2, -0.15) is 5.26 Å². The number of fused-ring (bicyclic) bond motifs is 1. The molecular weight excluding hydrogens is 408 g/mol. The van der Waals surface area contributed by atoms with Gasteiger partial charge in [-0.1, -0.05) is 52.3 Å². The Morgan fingerprint density at radius 2 is 1.96 bits per heavy atom. The Morgan fingerprint density at radius 3 is 2.70 bits per heavy atom. The molecule has 2 N–H and O–H groups in total. The molecule has 134 valence electrons. The van der Waals surface area contributed by atoms with Crippen LogP contribution in [0.4, 0.5) is 5.69 Å². The highest BCUT2D eigenvalue weighted by Crippen LogP contribution is 2.33. The summed E-state index contributed by atoms with van der Waals surface area (Å²) < 4.78 is 5.61. The molecule has 0 fully saturated rings. The molecule has 0 aliphatic heterocycles. The molecular formula is C21H15BrN2O3. The van der Waals surface area contributed by atoms with Gasteiger partial charge in [0.1, 0.15) is 11.6 Å². The van der Waals surface area contributed by atoms with Gasteiger partial charge in [0.05, 0.1) is 7.11 Å². The topological polar surface area (TPSA) is 82.3 Å². The second kappa shape index (κ2) is 7.94. The van der Waals surface area contributed by atoms with Crippen molar-refractivity contribution in [1.82, 2.24) is 0 Å². The van der Waals surface area contributed by atoms with E-state index in [1.807, 2.05) is 42.5 Å². The molecule has 6 heteroatoms. The van der Waals surface area contributed by atoms with Crippen LogP contribution in [0, 0.1) is 11.3 Å². The van der Waals surface area contributed by atoms with Crippen molar-refractivity contribution >= 4 is 44.4 Å². The lowest BCUT2D eigenvalue weighted by molar-refractivity contribution is -0.112. The average molecular weight is 423 g/mol. The quantitative estimate of drug-likeness (QED) is 0.464. The summed E-state index contributed by atoms with van der Waals surface area (Å²) in [7, 11) is 1.43. The Balaban J connectivity index is 1.95. The molecule has 0 aromatic heterocycles. The van der Waals surface area contributed by atoms with E-state index in [0.29, 0.717) is 15.7 Å². The van der Waals surface area contributed by atoms with Crippen molar-refractivity contribution in [3.8, 4) is 17.6 Å². The van der Waals surface area contributed by atoms with E-state index in [1.54, 1.807) is 12.1 Å². The van der Waals surface area contributed by atoms with Gasteiger partial charge in [-0.25, -0.2) is 0 Å². The number of rotatable bonds is 4. The number of carbonyl (C=O) groups excluding carboxylic acids is 1. The van der Waals surface area contributed by atoms with Crippen LogP contribution in [0.1, 0.15) is 5.56 Å². The molecule has 0 unspecified atom stereocenters. The second-order valence-corrected chi connectivity index (χ2v) is 6.55. The van der Waals surface area contributed by atoms with Crippen molar-refractivity contribution in [3.05, 3.63) is 70.2 Å². The number of benzene rings is 3. The Morgan fingerprint density at radius 1 is 1.22 bits per heavy atom. The highest BCUT2D eigenvalue weighted by molar-refractivity contribution is 9.10. The largest absolute Gasteiger partial charge is 0.504 e. The van der Waals surface area contributed by atoms with Crippen molar-refractivity contribution in [2.75, 3.05) is 12.4 Å². The average Bonchev–Trinajstić information content (AvgIpc) is 2.67. The lowest BCUT2D eigenvalue weighted by Gasteiger charge is -2.09. The Bertz CT molecular complexity index is 1100.